The van der Waals surface area contributed by atoms with Crippen LogP contribution in [0.5, 0.6) is 0 Å². The molecule has 20 heavy (non-hydrogen) atoms. The van der Waals surface area contributed by atoms with Crippen LogP contribution in [0.15, 0.2) is 12.7 Å². The summed E-state index contributed by atoms with van der Waals surface area (Å²) in [5.74, 6) is -0.534. The Kier molecular flexibility index (Phi) is 5.04. The van der Waals surface area contributed by atoms with Crippen molar-refractivity contribution in [1.29, 1.82) is 0 Å². The number of carboxylic acid groups (broad SMARTS) is 1. The third-order valence-electron chi connectivity index (χ3n) is 4.56. The molecule has 2 fully saturated rings. The zero-order valence-electron chi connectivity index (χ0n) is 11.8. The lowest BCUT2D eigenvalue weighted by atomic mass is 9.76. The van der Waals surface area contributed by atoms with Gasteiger partial charge in [0.05, 0.1) is 5.92 Å². The standard InChI is InChI=1S/C15H23NO4/c1-2-9-20-15(19)16-8-7-12(14(17)18)13(10-16)11-5-3-4-6-11/h2,11-13H,1,3-10H2,(H,17,18)/t12-,13-/m1/s1. The molecule has 0 spiro atoms. The summed E-state index contributed by atoms with van der Waals surface area (Å²) < 4.78 is 5.06. The van der Waals surface area contributed by atoms with Crippen molar-refractivity contribution in [2.24, 2.45) is 17.8 Å². The Hall–Kier alpha value is -1.52. The predicted molar refractivity (Wildman–Crippen MR) is 74.3 cm³/mol. The lowest BCUT2D eigenvalue weighted by Crippen LogP contribution is -2.48. The molecule has 2 atom stereocenters. The summed E-state index contributed by atoms with van der Waals surface area (Å²) in [6.45, 7) is 4.70. The average Bonchev–Trinajstić information content (AvgIpc) is 2.98. The quantitative estimate of drug-likeness (QED) is 0.804. The second kappa shape index (κ2) is 6.77. The van der Waals surface area contributed by atoms with Crippen LogP contribution in [-0.2, 0) is 9.53 Å². The molecule has 112 valence electrons. The van der Waals surface area contributed by atoms with Gasteiger partial charge in [-0.25, -0.2) is 4.79 Å². The average molecular weight is 281 g/mol. The van der Waals surface area contributed by atoms with Gasteiger partial charge in [-0.1, -0.05) is 38.3 Å². The summed E-state index contributed by atoms with van der Waals surface area (Å²) in [4.78, 5) is 25.0. The van der Waals surface area contributed by atoms with Crippen LogP contribution in [0.1, 0.15) is 32.1 Å². The highest BCUT2D eigenvalue weighted by Gasteiger charge is 2.41. The van der Waals surface area contributed by atoms with E-state index in [1.54, 1.807) is 4.90 Å². The third kappa shape index (κ3) is 3.32. The minimum absolute atomic E-state index is 0.0695. The van der Waals surface area contributed by atoms with Crippen LogP contribution in [0.25, 0.3) is 0 Å². The topological polar surface area (TPSA) is 66.8 Å². The second-order valence-electron chi connectivity index (χ2n) is 5.75. The van der Waals surface area contributed by atoms with E-state index >= 15 is 0 Å². The molecule has 5 nitrogen and oxygen atoms in total. The van der Waals surface area contributed by atoms with Crippen molar-refractivity contribution in [2.45, 2.75) is 32.1 Å². The number of carbonyl (C=O) groups excluding carboxylic acids is 1. The molecular formula is C15H23NO4. The number of carboxylic acids is 1. The van der Waals surface area contributed by atoms with Gasteiger partial charge in [0.1, 0.15) is 6.61 Å². The van der Waals surface area contributed by atoms with Crippen LogP contribution in [0.4, 0.5) is 4.79 Å². The molecule has 0 radical (unpaired) electrons. The first-order chi connectivity index (χ1) is 9.63. The van der Waals surface area contributed by atoms with Gasteiger partial charge in [-0.3, -0.25) is 4.79 Å². The summed E-state index contributed by atoms with van der Waals surface area (Å²) >= 11 is 0. The van der Waals surface area contributed by atoms with Crippen molar-refractivity contribution in [1.82, 2.24) is 4.90 Å². The number of nitrogens with zero attached hydrogens (tertiary/aromatic N) is 1. The largest absolute Gasteiger partial charge is 0.481 e. The summed E-state index contributed by atoms with van der Waals surface area (Å²) in [5.41, 5.74) is 0. The molecule has 1 heterocycles. The molecule has 0 aromatic rings. The van der Waals surface area contributed by atoms with Gasteiger partial charge < -0.3 is 14.7 Å². The van der Waals surface area contributed by atoms with Crippen molar-refractivity contribution in [3.05, 3.63) is 12.7 Å². The second-order valence-corrected chi connectivity index (χ2v) is 5.75. The first-order valence-electron chi connectivity index (χ1n) is 7.39. The van der Waals surface area contributed by atoms with Crippen LogP contribution in [-0.4, -0.2) is 41.8 Å². The molecule has 0 aromatic carbocycles. The first kappa shape index (κ1) is 14.9. The molecule has 0 aromatic heterocycles. The minimum atomic E-state index is -0.721. The molecule has 2 rings (SSSR count). The number of aliphatic carboxylic acids is 1. The fraction of sp³-hybridized carbons (Fsp3) is 0.733. The van der Waals surface area contributed by atoms with Gasteiger partial charge in [-0.15, -0.1) is 0 Å². The van der Waals surface area contributed by atoms with Crippen LogP contribution in [0.2, 0.25) is 0 Å². The van der Waals surface area contributed by atoms with Gasteiger partial charge in [-0.05, 0) is 18.3 Å². The Labute approximate surface area is 119 Å². The molecule has 0 bridgehead atoms. The maximum Gasteiger partial charge on any atom is 0.410 e. The molecule has 0 unspecified atom stereocenters. The number of rotatable bonds is 4. The predicted octanol–water partition coefficient (Wildman–Crippen LogP) is 2.52. The molecule has 5 heteroatoms. The van der Waals surface area contributed by atoms with Crippen LogP contribution < -0.4 is 0 Å². The number of carbonyl (C=O) groups is 2. The fourth-order valence-electron chi connectivity index (χ4n) is 3.54. The monoisotopic (exact) mass is 281 g/mol. The SMILES string of the molecule is C=CCOC(=O)N1CC[C@@H](C(=O)O)[C@@H](C2CCCC2)C1. The highest BCUT2D eigenvalue weighted by molar-refractivity contribution is 5.72. The van der Waals surface area contributed by atoms with E-state index in [4.69, 9.17) is 4.74 Å². The highest BCUT2D eigenvalue weighted by Crippen LogP contribution is 2.39. The van der Waals surface area contributed by atoms with E-state index < -0.39 is 5.97 Å². The van der Waals surface area contributed by atoms with E-state index in [-0.39, 0.29) is 24.5 Å². The molecule has 1 aliphatic heterocycles. The number of hydrogen-bond acceptors (Lipinski definition) is 3. The van der Waals surface area contributed by atoms with Crippen molar-refractivity contribution >= 4 is 12.1 Å². The lowest BCUT2D eigenvalue weighted by Gasteiger charge is -2.39. The van der Waals surface area contributed by atoms with Gasteiger partial charge >= 0.3 is 12.1 Å². The summed E-state index contributed by atoms with van der Waals surface area (Å²) in [6.07, 6.45) is 6.24. The molecular weight excluding hydrogens is 258 g/mol. The number of likely N-dealkylation sites (tertiary alicyclic amines) is 1. The number of piperidine rings is 1. The van der Waals surface area contributed by atoms with Gasteiger partial charge in [0.2, 0.25) is 0 Å². The zero-order valence-corrected chi connectivity index (χ0v) is 11.8. The minimum Gasteiger partial charge on any atom is -0.481 e. The third-order valence-corrected chi connectivity index (χ3v) is 4.56. The van der Waals surface area contributed by atoms with Crippen LogP contribution in [0.3, 0.4) is 0 Å². The van der Waals surface area contributed by atoms with Crippen LogP contribution in [0, 0.1) is 17.8 Å². The van der Waals surface area contributed by atoms with E-state index in [0.717, 1.165) is 12.8 Å². The van der Waals surface area contributed by atoms with E-state index in [0.29, 0.717) is 25.4 Å². The van der Waals surface area contributed by atoms with Gasteiger partial charge in [0, 0.05) is 13.1 Å². The summed E-state index contributed by atoms with van der Waals surface area (Å²) in [6, 6.07) is 0. The number of hydrogen-bond donors (Lipinski definition) is 1. The van der Waals surface area contributed by atoms with E-state index in [1.165, 1.54) is 18.9 Å². The van der Waals surface area contributed by atoms with Gasteiger partial charge in [-0.2, -0.15) is 0 Å². The molecule has 1 amide bonds. The van der Waals surface area contributed by atoms with Gasteiger partial charge in [0.25, 0.3) is 0 Å². The highest BCUT2D eigenvalue weighted by atomic mass is 16.6. The Morgan fingerprint density at radius 1 is 1.30 bits per heavy atom. The molecule has 2 aliphatic rings. The summed E-state index contributed by atoms with van der Waals surface area (Å²) in [5, 5.41) is 9.39. The summed E-state index contributed by atoms with van der Waals surface area (Å²) in [7, 11) is 0. The normalized spacial score (nSPS) is 27.3. The first-order valence-corrected chi connectivity index (χ1v) is 7.39. The molecule has 1 saturated heterocycles. The number of amides is 1. The van der Waals surface area contributed by atoms with E-state index in [2.05, 4.69) is 6.58 Å². The van der Waals surface area contributed by atoms with Crippen molar-refractivity contribution in [2.75, 3.05) is 19.7 Å². The Morgan fingerprint density at radius 3 is 2.60 bits per heavy atom. The van der Waals surface area contributed by atoms with Crippen LogP contribution >= 0.6 is 0 Å². The smallest absolute Gasteiger partial charge is 0.410 e. The van der Waals surface area contributed by atoms with Gasteiger partial charge in [0.15, 0.2) is 0 Å². The van der Waals surface area contributed by atoms with E-state index in [1.807, 2.05) is 0 Å². The fourth-order valence-corrected chi connectivity index (χ4v) is 3.54. The molecule has 1 saturated carbocycles. The Balaban J connectivity index is 2.01. The molecule has 1 N–H and O–H groups in total. The maximum atomic E-state index is 11.9. The number of ether oxygens (including phenoxy) is 1. The zero-order chi connectivity index (χ0) is 14.5. The van der Waals surface area contributed by atoms with E-state index in [9.17, 15) is 14.7 Å². The lowest BCUT2D eigenvalue weighted by molar-refractivity contribution is -0.146. The van der Waals surface area contributed by atoms with Crippen molar-refractivity contribution in [3.63, 3.8) is 0 Å². The Morgan fingerprint density at radius 2 is 2.00 bits per heavy atom. The maximum absolute atomic E-state index is 11.9. The molecule has 1 aliphatic carbocycles. The van der Waals surface area contributed by atoms with Crippen molar-refractivity contribution < 1.29 is 19.4 Å². The van der Waals surface area contributed by atoms with Crippen molar-refractivity contribution in [3.8, 4) is 0 Å². The Bertz CT molecular complexity index is 376.